The summed E-state index contributed by atoms with van der Waals surface area (Å²) >= 11 is 0. The van der Waals surface area contributed by atoms with Crippen LogP contribution < -0.4 is 27.0 Å². The highest BCUT2D eigenvalue weighted by atomic mass is 16.3. The maximum atomic E-state index is 13.7. The summed E-state index contributed by atoms with van der Waals surface area (Å²) in [5, 5.41) is 23.2. The molecule has 1 heterocycles. The lowest BCUT2D eigenvalue weighted by atomic mass is 9.84. The summed E-state index contributed by atoms with van der Waals surface area (Å²) in [6.07, 6.45) is 2.13. The number of aromatic nitrogens is 1. The fourth-order valence-electron chi connectivity index (χ4n) is 5.71. The van der Waals surface area contributed by atoms with E-state index in [-0.39, 0.29) is 48.5 Å². The van der Waals surface area contributed by atoms with Crippen molar-refractivity contribution in [1.29, 1.82) is 0 Å². The van der Waals surface area contributed by atoms with Crippen LogP contribution in [0.1, 0.15) is 85.9 Å². The van der Waals surface area contributed by atoms with Crippen molar-refractivity contribution in [3.8, 4) is 0 Å². The van der Waals surface area contributed by atoms with Crippen molar-refractivity contribution in [2.75, 3.05) is 0 Å². The molecule has 4 amide bonds. The molecule has 0 bridgehead atoms. The summed E-state index contributed by atoms with van der Waals surface area (Å²) in [5.74, 6) is -2.55. The van der Waals surface area contributed by atoms with Gasteiger partial charge in [-0.2, -0.15) is 0 Å². The zero-order valence-electron chi connectivity index (χ0n) is 30.6. The Hall–Kier alpha value is -3.83. The van der Waals surface area contributed by atoms with Crippen LogP contribution in [0.25, 0.3) is 0 Å². The van der Waals surface area contributed by atoms with Crippen LogP contribution in [0.4, 0.5) is 0 Å². The first-order chi connectivity index (χ1) is 23.1. The molecule has 0 spiro atoms. The molecule has 7 N–H and O–H groups in total. The van der Waals surface area contributed by atoms with Gasteiger partial charge < -0.3 is 32.1 Å². The van der Waals surface area contributed by atoms with Gasteiger partial charge in [-0.15, -0.1) is 0 Å². The van der Waals surface area contributed by atoms with Crippen molar-refractivity contribution in [2.24, 2.45) is 35.3 Å². The Labute approximate surface area is 293 Å². The third kappa shape index (κ3) is 13.9. The van der Waals surface area contributed by atoms with Gasteiger partial charge in [0.2, 0.25) is 23.6 Å². The number of rotatable bonds is 20. The van der Waals surface area contributed by atoms with Gasteiger partial charge in [0.05, 0.1) is 30.4 Å². The highest BCUT2D eigenvalue weighted by molar-refractivity contribution is 5.90. The van der Waals surface area contributed by atoms with Crippen molar-refractivity contribution in [1.82, 2.24) is 26.3 Å². The highest BCUT2D eigenvalue weighted by Gasteiger charge is 2.35. The topological polar surface area (TPSA) is 176 Å². The minimum atomic E-state index is -1.06. The van der Waals surface area contributed by atoms with Crippen molar-refractivity contribution in [3.63, 3.8) is 0 Å². The van der Waals surface area contributed by atoms with Crippen LogP contribution in [0.5, 0.6) is 0 Å². The molecule has 272 valence electrons. The van der Waals surface area contributed by atoms with Gasteiger partial charge in [0.15, 0.2) is 0 Å². The molecular formula is C38H60N6O5. The minimum absolute atomic E-state index is 0.0740. The van der Waals surface area contributed by atoms with E-state index in [9.17, 15) is 24.3 Å². The molecule has 11 nitrogen and oxygen atoms in total. The van der Waals surface area contributed by atoms with E-state index in [4.69, 9.17) is 5.73 Å². The van der Waals surface area contributed by atoms with E-state index in [2.05, 4.69) is 26.3 Å². The molecule has 2 aromatic rings. The monoisotopic (exact) mass is 680 g/mol. The third-order valence-corrected chi connectivity index (χ3v) is 9.00. The van der Waals surface area contributed by atoms with Crippen molar-refractivity contribution in [2.45, 2.75) is 118 Å². The van der Waals surface area contributed by atoms with Crippen LogP contribution in [0.3, 0.4) is 0 Å². The Kier molecular flexibility index (Phi) is 17.4. The maximum Gasteiger partial charge on any atom is 0.243 e. The van der Waals surface area contributed by atoms with Crippen molar-refractivity contribution in [3.05, 3.63) is 66.0 Å². The summed E-state index contributed by atoms with van der Waals surface area (Å²) in [6, 6.07) is 11.7. The molecule has 0 saturated carbocycles. The second-order valence-corrected chi connectivity index (χ2v) is 14.3. The van der Waals surface area contributed by atoms with Crippen LogP contribution in [0.15, 0.2) is 54.7 Å². The number of aliphatic hydroxyl groups excluding tert-OH is 1. The molecule has 0 saturated heterocycles. The van der Waals surface area contributed by atoms with Crippen LogP contribution >= 0.6 is 0 Å². The first-order valence-electron chi connectivity index (χ1n) is 17.7. The number of carbonyl (C=O) groups excluding carboxylic acids is 4. The van der Waals surface area contributed by atoms with Gasteiger partial charge in [-0.3, -0.25) is 24.2 Å². The lowest BCUT2D eigenvalue weighted by Crippen LogP contribution is -2.57. The van der Waals surface area contributed by atoms with Gasteiger partial charge >= 0.3 is 0 Å². The largest absolute Gasteiger partial charge is 0.391 e. The summed E-state index contributed by atoms with van der Waals surface area (Å²) in [6.45, 7) is 15.6. The van der Waals surface area contributed by atoms with E-state index in [0.29, 0.717) is 25.0 Å². The molecule has 0 aliphatic carbocycles. The Morgan fingerprint density at radius 1 is 0.755 bits per heavy atom. The SMILES string of the molecule is CCC(C)C(NC(=O)C(CC(O)C(CC(C)C)NC(=O)[C@@H](NC(=O)[C@@H](N)Cc1ccccc1)C(C)C)C(C)C)C(=O)NCc1ccccn1. The van der Waals surface area contributed by atoms with E-state index in [0.717, 1.165) is 5.56 Å². The molecular weight excluding hydrogens is 620 g/mol. The molecule has 1 aromatic carbocycles. The molecule has 49 heavy (non-hydrogen) atoms. The lowest BCUT2D eigenvalue weighted by Gasteiger charge is -2.33. The van der Waals surface area contributed by atoms with Gasteiger partial charge in [-0.05, 0) is 60.6 Å². The zero-order chi connectivity index (χ0) is 36.7. The molecule has 7 atom stereocenters. The molecule has 11 heteroatoms. The van der Waals surface area contributed by atoms with Crippen LogP contribution in [-0.4, -0.2) is 64.0 Å². The van der Waals surface area contributed by atoms with Gasteiger partial charge in [0.1, 0.15) is 12.1 Å². The van der Waals surface area contributed by atoms with E-state index >= 15 is 0 Å². The van der Waals surface area contributed by atoms with E-state index in [1.165, 1.54) is 0 Å². The Bertz CT molecular complexity index is 1310. The van der Waals surface area contributed by atoms with E-state index < -0.39 is 48.0 Å². The standard InChI is InChI=1S/C38H60N6O5/c1-9-26(8)34(37(48)41-22-28-17-13-14-18-40-28)44-35(46)29(24(4)5)21-32(45)31(19-23(2)3)42-38(49)33(25(6)7)43-36(47)30(39)20-27-15-11-10-12-16-27/h10-18,23-26,29-34,45H,9,19-22,39H2,1-8H3,(H,41,48)(H,42,49)(H,43,47)(H,44,46)/t26?,29?,30-,31?,32?,33-,34?/m0/s1. The van der Waals surface area contributed by atoms with E-state index in [1.807, 2.05) is 97.9 Å². The zero-order valence-corrected chi connectivity index (χ0v) is 30.6. The lowest BCUT2D eigenvalue weighted by molar-refractivity contribution is -0.134. The average molecular weight is 681 g/mol. The molecule has 0 radical (unpaired) electrons. The molecule has 0 fully saturated rings. The number of benzene rings is 1. The number of carbonyl (C=O) groups is 4. The van der Waals surface area contributed by atoms with Crippen molar-refractivity contribution < 1.29 is 24.3 Å². The number of nitrogens with zero attached hydrogens (tertiary/aromatic N) is 1. The van der Waals surface area contributed by atoms with Crippen LogP contribution in [-0.2, 0) is 32.1 Å². The number of amides is 4. The molecule has 0 aliphatic rings. The average Bonchev–Trinajstić information content (AvgIpc) is 3.06. The highest BCUT2D eigenvalue weighted by Crippen LogP contribution is 2.23. The number of aliphatic hydroxyl groups is 1. The number of nitrogens with one attached hydrogen (secondary N) is 4. The summed E-state index contributed by atoms with van der Waals surface area (Å²) in [4.78, 5) is 57.9. The maximum absolute atomic E-state index is 13.7. The molecule has 1 aromatic heterocycles. The Morgan fingerprint density at radius 3 is 1.94 bits per heavy atom. The molecule has 2 rings (SSSR count). The van der Waals surface area contributed by atoms with Crippen molar-refractivity contribution >= 4 is 23.6 Å². The second kappa shape index (κ2) is 20.6. The van der Waals surface area contributed by atoms with Gasteiger partial charge in [-0.1, -0.05) is 98.2 Å². The van der Waals surface area contributed by atoms with Gasteiger partial charge in [0.25, 0.3) is 0 Å². The number of hydrogen-bond acceptors (Lipinski definition) is 7. The number of pyridine rings is 1. The first kappa shape index (κ1) is 41.3. The van der Waals surface area contributed by atoms with E-state index in [1.54, 1.807) is 12.3 Å². The fraction of sp³-hybridized carbons (Fsp3) is 0.605. The van der Waals surface area contributed by atoms with Gasteiger partial charge in [-0.25, -0.2) is 0 Å². The second-order valence-electron chi connectivity index (χ2n) is 14.3. The molecule has 5 unspecified atom stereocenters. The van der Waals surface area contributed by atoms with Gasteiger partial charge in [0, 0.05) is 12.1 Å². The molecule has 0 aliphatic heterocycles. The van der Waals surface area contributed by atoms with Crippen LogP contribution in [0.2, 0.25) is 0 Å². The number of hydrogen-bond donors (Lipinski definition) is 6. The quantitative estimate of drug-likeness (QED) is 0.124. The van der Waals surface area contributed by atoms with Crippen LogP contribution in [0, 0.1) is 29.6 Å². The summed E-state index contributed by atoms with van der Waals surface area (Å²) in [5.41, 5.74) is 7.83. The third-order valence-electron chi connectivity index (χ3n) is 9.00. The number of nitrogens with two attached hydrogens (primary N) is 1. The summed E-state index contributed by atoms with van der Waals surface area (Å²) < 4.78 is 0. The fourth-order valence-corrected chi connectivity index (χ4v) is 5.71. The first-order valence-corrected chi connectivity index (χ1v) is 17.7. The Balaban J connectivity index is 2.14. The predicted molar refractivity (Wildman–Crippen MR) is 193 cm³/mol. The minimum Gasteiger partial charge on any atom is -0.391 e. The Morgan fingerprint density at radius 2 is 1.39 bits per heavy atom. The summed E-state index contributed by atoms with van der Waals surface area (Å²) in [7, 11) is 0. The predicted octanol–water partition coefficient (Wildman–Crippen LogP) is 3.49. The normalized spacial score (nSPS) is 15.9. The smallest absolute Gasteiger partial charge is 0.243 e.